The summed E-state index contributed by atoms with van der Waals surface area (Å²) in [5.41, 5.74) is -0.0278. The third-order valence-corrected chi connectivity index (χ3v) is 1.39. The highest BCUT2D eigenvalue weighted by atomic mass is 32.2. The number of nitrogens with zero attached hydrogens (tertiary/aromatic N) is 1. The summed E-state index contributed by atoms with van der Waals surface area (Å²) < 4.78 is 4.81. The summed E-state index contributed by atoms with van der Waals surface area (Å²) in [6.45, 7) is 0. The molecule has 0 aromatic heterocycles. The number of thioether (sulfide) groups is 1. The summed E-state index contributed by atoms with van der Waals surface area (Å²) >= 11 is 1.52. The van der Waals surface area contributed by atoms with Crippen molar-refractivity contribution >= 4 is 17.6 Å². The minimum Gasteiger partial charge on any atom is -0.350 e. The summed E-state index contributed by atoms with van der Waals surface area (Å²) in [4.78, 5) is 3.79. The molecule has 1 aliphatic heterocycles. The molecule has 3 heteroatoms. The molecular weight excluding hydrogens is 110 g/mol. The van der Waals surface area contributed by atoms with Crippen molar-refractivity contribution in [2.45, 2.75) is 5.56 Å². The molecule has 0 saturated carbocycles. The molecule has 0 N–H and O–H groups in total. The zero-order chi connectivity index (χ0) is 5.11. The van der Waals surface area contributed by atoms with E-state index in [-0.39, 0.29) is 5.56 Å². The largest absolute Gasteiger partial charge is 0.350 e. The molecule has 0 aromatic carbocycles. The van der Waals surface area contributed by atoms with Gasteiger partial charge in [0.2, 0.25) is 5.56 Å². The van der Waals surface area contributed by atoms with Gasteiger partial charge in [0.05, 0.1) is 0 Å². The first-order chi connectivity index (χ1) is 3.43. The van der Waals surface area contributed by atoms with E-state index in [2.05, 4.69) is 10.9 Å². The van der Waals surface area contributed by atoms with Crippen LogP contribution in [0.3, 0.4) is 0 Å². The van der Waals surface area contributed by atoms with E-state index in [0.717, 1.165) is 0 Å². The Balaban J connectivity index is 2.37. The van der Waals surface area contributed by atoms with Gasteiger partial charge < -0.3 is 4.74 Å². The molecule has 1 atom stereocenters. The number of rotatable bonds is 1. The van der Waals surface area contributed by atoms with Crippen LogP contribution < -0.4 is 0 Å². The second-order valence-electron chi connectivity index (χ2n) is 1.05. The maximum absolute atomic E-state index is 4.81. The topological polar surface area (TPSA) is 21.6 Å². The lowest BCUT2D eigenvalue weighted by Gasteiger charge is -1.97. The summed E-state index contributed by atoms with van der Waals surface area (Å²) in [6.07, 6.45) is 0. The fraction of sp³-hybridized carbons (Fsp3) is 0.500. The van der Waals surface area contributed by atoms with Crippen LogP contribution in [0.25, 0.3) is 0 Å². The molecule has 0 fully saturated rings. The molecule has 2 nitrogen and oxygen atoms in total. The minimum atomic E-state index is -0.0278. The zero-order valence-corrected chi connectivity index (χ0v) is 4.73. The van der Waals surface area contributed by atoms with Gasteiger partial charge in [-0.2, -0.15) is 4.99 Å². The molecular formula is C4H5NOS. The van der Waals surface area contributed by atoms with Gasteiger partial charge in [-0.3, -0.25) is 0 Å². The Morgan fingerprint density at radius 1 is 2.00 bits per heavy atom. The van der Waals surface area contributed by atoms with Crippen molar-refractivity contribution in [2.24, 2.45) is 4.99 Å². The first-order valence-corrected chi connectivity index (χ1v) is 2.83. The SMILES string of the molecule is COC1N=C=CS1. The molecule has 0 amide bonds. The summed E-state index contributed by atoms with van der Waals surface area (Å²) in [5, 5.41) is 1.79. The van der Waals surface area contributed by atoms with Crippen molar-refractivity contribution in [3.8, 4) is 0 Å². The van der Waals surface area contributed by atoms with Crippen molar-refractivity contribution in [3.05, 3.63) is 5.41 Å². The predicted molar refractivity (Wildman–Crippen MR) is 30.4 cm³/mol. The van der Waals surface area contributed by atoms with E-state index < -0.39 is 0 Å². The second-order valence-corrected chi connectivity index (χ2v) is 1.97. The lowest BCUT2D eigenvalue weighted by molar-refractivity contribution is 0.182. The zero-order valence-electron chi connectivity index (χ0n) is 3.92. The van der Waals surface area contributed by atoms with Crippen LogP contribution >= 0.6 is 11.8 Å². The van der Waals surface area contributed by atoms with Gasteiger partial charge in [0.25, 0.3) is 0 Å². The van der Waals surface area contributed by atoms with Gasteiger partial charge >= 0.3 is 0 Å². The van der Waals surface area contributed by atoms with Crippen LogP contribution in [0.2, 0.25) is 0 Å². The summed E-state index contributed by atoms with van der Waals surface area (Å²) in [6, 6.07) is 0. The van der Waals surface area contributed by atoms with Gasteiger partial charge in [0.1, 0.15) is 0 Å². The van der Waals surface area contributed by atoms with Crippen LogP contribution in [0.5, 0.6) is 0 Å². The molecule has 1 heterocycles. The normalized spacial score (nSPS) is 26.7. The van der Waals surface area contributed by atoms with Crippen LogP contribution in [-0.2, 0) is 4.74 Å². The molecule has 0 bridgehead atoms. The highest BCUT2D eigenvalue weighted by Gasteiger charge is 2.03. The number of methoxy groups -OCH3 is 1. The van der Waals surface area contributed by atoms with Crippen molar-refractivity contribution in [2.75, 3.05) is 7.11 Å². The smallest absolute Gasteiger partial charge is 0.209 e. The molecule has 1 unspecified atom stereocenters. The van der Waals surface area contributed by atoms with E-state index in [1.165, 1.54) is 11.8 Å². The highest BCUT2D eigenvalue weighted by Crippen LogP contribution is 2.15. The fourth-order valence-corrected chi connectivity index (χ4v) is 0.790. The third-order valence-electron chi connectivity index (χ3n) is 0.619. The number of hydrogen-bond donors (Lipinski definition) is 0. The van der Waals surface area contributed by atoms with Crippen LogP contribution in [0.1, 0.15) is 0 Å². The Labute approximate surface area is 46.3 Å². The lowest BCUT2D eigenvalue weighted by Crippen LogP contribution is -1.94. The Morgan fingerprint density at radius 3 is 3.14 bits per heavy atom. The molecule has 0 radical (unpaired) electrons. The quantitative estimate of drug-likeness (QED) is 0.505. The van der Waals surface area contributed by atoms with Gasteiger partial charge in [-0.1, -0.05) is 11.8 Å². The molecule has 0 aliphatic carbocycles. The fourth-order valence-electron chi connectivity index (χ4n) is 0.319. The van der Waals surface area contributed by atoms with E-state index in [9.17, 15) is 0 Å². The first-order valence-electron chi connectivity index (χ1n) is 1.89. The second kappa shape index (κ2) is 2.17. The summed E-state index contributed by atoms with van der Waals surface area (Å²) in [7, 11) is 1.63. The van der Waals surface area contributed by atoms with Gasteiger partial charge in [0.15, 0.2) is 0 Å². The molecule has 7 heavy (non-hydrogen) atoms. The van der Waals surface area contributed by atoms with E-state index >= 15 is 0 Å². The van der Waals surface area contributed by atoms with E-state index in [1.807, 2.05) is 0 Å². The molecule has 1 aliphatic rings. The predicted octanol–water partition coefficient (Wildman–Crippen LogP) is 0.847. The van der Waals surface area contributed by atoms with Gasteiger partial charge in [-0.15, -0.1) is 0 Å². The number of aliphatic imine (C=N–C) groups is 1. The Bertz CT molecular complexity index is 117. The number of ether oxygens (including phenoxy) is 1. The van der Waals surface area contributed by atoms with Crippen LogP contribution in [0, 0.1) is 0 Å². The van der Waals surface area contributed by atoms with Crippen LogP contribution in [0.15, 0.2) is 10.4 Å². The molecule has 1 rings (SSSR count). The van der Waals surface area contributed by atoms with Gasteiger partial charge in [-0.05, 0) is 5.87 Å². The van der Waals surface area contributed by atoms with Crippen molar-refractivity contribution in [1.82, 2.24) is 0 Å². The van der Waals surface area contributed by atoms with E-state index in [4.69, 9.17) is 4.74 Å². The maximum Gasteiger partial charge on any atom is 0.209 e. The average Bonchev–Trinajstić information content (AvgIpc) is 2.14. The van der Waals surface area contributed by atoms with Crippen molar-refractivity contribution in [3.63, 3.8) is 0 Å². The molecule has 0 aromatic rings. The first kappa shape index (κ1) is 4.91. The lowest BCUT2D eigenvalue weighted by atomic mass is 11.1. The maximum atomic E-state index is 4.81. The molecule has 0 spiro atoms. The third kappa shape index (κ3) is 1.06. The van der Waals surface area contributed by atoms with E-state index in [0.29, 0.717) is 0 Å². The molecule has 0 saturated heterocycles. The Hall–Kier alpha value is -0.240. The van der Waals surface area contributed by atoms with Crippen LogP contribution in [0.4, 0.5) is 0 Å². The van der Waals surface area contributed by atoms with Crippen molar-refractivity contribution < 1.29 is 4.74 Å². The number of hydrogen-bond acceptors (Lipinski definition) is 3. The average molecular weight is 115 g/mol. The van der Waals surface area contributed by atoms with Gasteiger partial charge in [0, 0.05) is 12.5 Å². The summed E-state index contributed by atoms with van der Waals surface area (Å²) in [5.74, 6) is 2.66. The van der Waals surface area contributed by atoms with Crippen LogP contribution in [-0.4, -0.2) is 18.5 Å². The molecule has 38 valence electrons. The minimum absolute atomic E-state index is 0.0278. The van der Waals surface area contributed by atoms with Crippen molar-refractivity contribution in [1.29, 1.82) is 0 Å². The standard InChI is InChI=1S/C4H5NOS/c1-6-4-5-2-3-7-4/h3-4H,1H3. The monoisotopic (exact) mass is 115 g/mol. The highest BCUT2D eigenvalue weighted by molar-refractivity contribution is 8.03. The Morgan fingerprint density at radius 2 is 2.86 bits per heavy atom. The van der Waals surface area contributed by atoms with E-state index in [1.54, 1.807) is 12.5 Å². The van der Waals surface area contributed by atoms with Gasteiger partial charge in [-0.25, -0.2) is 0 Å². The Kier molecular flexibility index (Phi) is 1.52.